The largest absolute Gasteiger partial charge is 0.494 e. The maximum Gasteiger partial charge on any atom is 0.289 e. The highest BCUT2D eigenvalue weighted by Crippen LogP contribution is 2.39. The highest BCUT2D eigenvalue weighted by atomic mass is 35.5. The molecule has 0 aliphatic carbocycles. The predicted molar refractivity (Wildman–Crippen MR) is 129 cm³/mol. The van der Waals surface area contributed by atoms with Gasteiger partial charge in [0.1, 0.15) is 17.2 Å². The van der Waals surface area contributed by atoms with Gasteiger partial charge in [-0.05, 0) is 48.7 Å². The van der Waals surface area contributed by atoms with Crippen molar-refractivity contribution in [2.45, 2.75) is 38.6 Å². The lowest BCUT2D eigenvalue weighted by molar-refractivity contribution is -0.134. The van der Waals surface area contributed by atoms with Crippen LogP contribution in [0, 0.1) is 6.92 Å². The van der Waals surface area contributed by atoms with Crippen LogP contribution in [0.5, 0.6) is 17.2 Å². The summed E-state index contributed by atoms with van der Waals surface area (Å²) in [6.07, 6.45) is 0.658. The van der Waals surface area contributed by atoms with E-state index < -0.39 is 25.9 Å². The summed E-state index contributed by atoms with van der Waals surface area (Å²) in [5.41, 5.74) is 2.54. The summed E-state index contributed by atoms with van der Waals surface area (Å²) in [6.45, 7) is 6.71. The minimum absolute atomic E-state index is 0.0496. The van der Waals surface area contributed by atoms with Crippen LogP contribution in [0.15, 0.2) is 36.3 Å². The van der Waals surface area contributed by atoms with Gasteiger partial charge in [0, 0.05) is 0 Å². The van der Waals surface area contributed by atoms with E-state index in [0.717, 1.165) is 23.6 Å². The number of hydrogen-bond donors (Lipinski definition) is 1. The van der Waals surface area contributed by atoms with E-state index >= 15 is 0 Å². The summed E-state index contributed by atoms with van der Waals surface area (Å²) < 4.78 is 22.2. The van der Waals surface area contributed by atoms with Gasteiger partial charge in [0.15, 0.2) is 5.75 Å². The summed E-state index contributed by atoms with van der Waals surface area (Å²) in [6, 6.07) is 8.07. The Balaban J connectivity index is 1.54. The number of methoxy groups -OCH3 is 2. The molecule has 0 spiro atoms. The monoisotopic (exact) mass is 487 g/mol. The number of carbonyl (C=O) groups excluding carboxylic acids is 2. The first-order valence-electron chi connectivity index (χ1n) is 10.6. The predicted octanol–water partition coefficient (Wildman–Crippen LogP) is 3.96. The molecular weight excluding hydrogens is 462 g/mol. The number of carbonyl (C=O) groups is 2. The molecule has 174 valence electrons. The fraction of sp³-hybridized carbons (Fsp3) is 0.333. The zero-order valence-electron chi connectivity index (χ0n) is 19.2. The number of anilines is 1. The number of halogens is 1. The van der Waals surface area contributed by atoms with Gasteiger partial charge in [0.05, 0.1) is 33.4 Å². The van der Waals surface area contributed by atoms with Crippen molar-refractivity contribution in [1.82, 2.24) is 0 Å². The maximum absolute atomic E-state index is 12.9. The molecule has 2 aliphatic rings. The second-order valence-corrected chi connectivity index (χ2v) is 13.9. The van der Waals surface area contributed by atoms with E-state index in [1.165, 1.54) is 25.5 Å². The first kappa shape index (κ1) is 23.2. The number of hydrogen-bond acceptors (Lipinski definition) is 6. The molecule has 0 aromatic heterocycles. The van der Waals surface area contributed by atoms with Gasteiger partial charge in [-0.25, -0.2) is 0 Å². The summed E-state index contributed by atoms with van der Waals surface area (Å²) in [7, 11) is 1.37. The Bertz CT molecular complexity index is 1150. The summed E-state index contributed by atoms with van der Waals surface area (Å²) in [5.74, 6) is 0.0587. The topological polar surface area (TPSA) is 83.1 Å². The van der Waals surface area contributed by atoms with Crippen LogP contribution in [0.25, 0.3) is 0 Å². The third-order valence-corrected chi connectivity index (χ3v) is 9.91. The van der Waals surface area contributed by atoms with E-state index in [1.54, 1.807) is 18.2 Å². The average molecular weight is 488 g/mol. The van der Waals surface area contributed by atoms with Crippen LogP contribution < -0.4 is 24.7 Å². The lowest BCUT2D eigenvalue weighted by atomic mass is 10.1. The Morgan fingerprint density at radius 2 is 1.88 bits per heavy atom. The SMILES string of the molecule is COc1cccc(OC)c1NC(=O)C1OC(Oc2c(Cl)cc(C)c3c2CC[Si]3(C)C)=CC1=O. The Morgan fingerprint density at radius 1 is 1.21 bits per heavy atom. The first-order valence-corrected chi connectivity index (χ1v) is 14.2. The Morgan fingerprint density at radius 3 is 2.52 bits per heavy atom. The molecule has 9 heteroatoms. The number of para-hydroxylation sites is 1. The van der Waals surface area contributed by atoms with E-state index in [-0.39, 0.29) is 5.95 Å². The van der Waals surface area contributed by atoms with E-state index in [9.17, 15) is 9.59 Å². The van der Waals surface area contributed by atoms with Crippen LogP contribution in [0.3, 0.4) is 0 Å². The number of fused-ring (bicyclic) bond motifs is 1. The lowest BCUT2D eigenvalue weighted by Gasteiger charge is -2.21. The fourth-order valence-electron chi connectivity index (χ4n) is 4.58. The molecule has 0 fully saturated rings. The van der Waals surface area contributed by atoms with Gasteiger partial charge in [-0.15, -0.1) is 0 Å². The normalized spacial score (nSPS) is 18.3. The van der Waals surface area contributed by atoms with Crippen LogP contribution >= 0.6 is 11.6 Å². The number of ether oxygens (including phenoxy) is 4. The zero-order valence-corrected chi connectivity index (χ0v) is 21.0. The standard InChI is InChI=1S/C24H26ClNO6Si/c1-13-11-15(25)21(14-9-10-33(4,5)23(13)14)31-19-12-16(27)22(32-19)24(28)26-20-17(29-2)7-6-8-18(20)30-3/h6-8,11-12,22H,9-10H2,1-5H3,(H,26,28). The number of benzene rings is 2. The van der Waals surface area contributed by atoms with Crippen molar-refractivity contribution >= 4 is 42.2 Å². The van der Waals surface area contributed by atoms with Gasteiger partial charge < -0.3 is 24.3 Å². The molecule has 1 N–H and O–H groups in total. The van der Waals surface area contributed by atoms with Crippen LogP contribution in [-0.2, 0) is 20.7 Å². The van der Waals surface area contributed by atoms with E-state index in [2.05, 4.69) is 25.3 Å². The molecule has 0 bridgehead atoms. The third kappa shape index (κ3) is 4.20. The number of nitrogens with one attached hydrogen (secondary N) is 1. The van der Waals surface area contributed by atoms with Crippen LogP contribution in [0.4, 0.5) is 5.69 Å². The summed E-state index contributed by atoms with van der Waals surface area (Å²) in [5, 5.41) is 4.46. The van der Waals surface area contributed by atoms with Crippen molar-refractivity contribution in [2.24, 2.45) is 0 Å². The van der Waals surface area contributed by atoms with Crippen molar-refractivity contribution in [1.29, 1.82) is 0 Å². The second kappa shape index (κ2) is 8.76. The van der Waals surface area contributed by atoms with Crippen molar-refractivity contribution in [3.05, 3.63) is 52.4 Å². The van der Waals surface area contributed by atoms with Gasteiger partial charge in [0.2, 0.25) is 11.9 Å². The number of ketones is 1. The maximum atomic E-state index is 12.9. The molecule has 0 radical (unpaired) electrons. The molecule has 4 rings (SSSR count). The first-order chi connectivity index (χ1) is 15.7. The molecule has 33 heavy (non-hydrogen) atoms. The molecule has 0 saturated heterocycles. The van der Waals surface area contributed by atoms with Gasteiger partial charge in [-0.3, -0.25) is 9.59 Å². The van der Waals surface area contributed by atoms with Gasteiger partial charge >= 0.3 is 0 Å². The third-order valence-electron chi connectivity index (χ3n) is 6.08. The Labute approximate surface area is 198 Å². The molecular formula is C24H26ClNO6Si. The highest BCUT2D eigenvalue weighted by molar-refractivity contribution is 6.91. The van der Waals surface area contributed by atoms with E-state index in [4.69, 9.17) is 30.5 Å². The molecule has 2 aromatic carbocycles. The minimum Gasteiger partial charge on any atom is -0.494 e. The van der Waals surface area contributed by atoms with Crippen molar-refractivity contribution in [3.8, 4) is 17.2 Å². The number of aryl methyl sites for hydroxylation is 1. The minimum atomic E-state index is -1.58. The van der Waals surface area contributed by atoms with Gasteiger partial charge in [-0.2, -0.15) is 0 Å². The second-order valence-electron chi connectivity index (χ2n) is 8.73. The van der Waals surface area contributed by atoms with E-state index in [0.29, 0.717) is 28.0 Å². The number of rotatable bonds is 6. The Hall–Kier alpha value is -2.97. The van der Waals surface area contributed by atoms with Crippen molar-refractivity contribution < 1.29 is 28.5 Å². The average Bonchev–Trinajstić information content (AvgIpc) is 3.30. The summed E-state index contributed by atoms with van der Waals surface area (Å²) in [4.78, 5) is 25.4. The zero-order chi connectivity index (χ0) is 23.9. The fourth-order valence-corrected chi connectivity index (χ4v) is 8.21. The van der Waals surface area contributed by atoms with Crippen molar-refractivity contribution in [3.63, 3.8) is 0 Å². The molecule has 0 saturated carbocycles. The molecule has 1 amide bonds. The van der Waals surface area contributed by atoms with Crippen LogP contribution in [0.1, 0.15) is 11.1 Å². The van der Waals surface area contributed by atoms with E-state index in [1.807, 2.05) is 6.07 Å². The van der Waals surface area contributed by atoms with Crippen LogP contribution in [0.2, 0.25) is 24.2 Å². The highest BCUT2D eigenvalue weighted by Gasteiger charge is 2.39. The Kier molecular flexibility index (Phi) is 6.15. The smallest absolute Gasteiger partial charge is 0.289 e. The molecule has 2 heterocycles. The molecule has 1 atom stereocenters. The molecule has 1 unspecified atom stereocenters. The summed E-state index contributed by atoms with van der Waals surface area (Å²) >= 11 is 6.51. The number of amides is 1. The van der Waals surface area contributed by atoms with Crippen LogP contribution in [-0.4, -0.2) is 40.1 Å². The molecule has 2 aliphatic heterocycles. The molecule has 7 nitrogen and oxygen atoms in total. The van der Waals surface area contributed by atoms with Crippen molar-refractivity contribution in [2.75, 3.05) is 19.5 Å². The van der Waals surface area contributed by atoms with Gasteiger partial charge in [0.25, 0.3) is 11.9 Å². The quantitative estimate of drug-likeness (QED) is 0.490. The van der Waals surface area contributed by atoms with Gasteiger partial charge in [-0.1, -0.05) is 35.9 Å². The lowest BCUT2D eigenvalue weighted by Crippen LogP contribution is -2.39. The molecule has 2 aromatic rings.